The number of aromatic nitrogens is 2. The number of carboxylic acid groups (broad SMARTS) is 1. The zero-order chi connectivity index (χ0) is 34.5. The van der Waals surface area contributed by atoms with Crippen molar-refractivity contribution < 1.29 is 19.4 Å². The minimum Gasteiger partial charge on any atom is -0.496 e. The molecule has 4 aromatic carbocycles. The first-order valence-electron chi connectivity index (χ1n) is 16.3. The third-order valence-corrected chi connectivity index (χ3v) is 9.79. The van der Waals surface area contributed by atoms with Crippen molar-refractivity contribution in [2.75, 3.05) is 33.3 Å². The third kappa shape index (κ3) is 7.92. The number of hydrogen-bond donors (Lipinski definition) is 3. The minimum absolute atomic E-state index is 0.0306. The van der Waals surface area contributed by atoms with Gasteiger partial charge in [-0.2, -0.15) is 5.10 Å². The van der Waals surface area contributed by atoms with E-state index in [9.17, 15) is 14.7 Å². The number of hydrogen-bond acceptors (Lipinski definition) is 6. The summed E-state index contributed by atoms with van der Waals surface area (Å²) in [5, 5.41) is 22.5. The average molecular weight is 701 g/mol. The number of carbonyl (C=O) groups excluding carboxylic acids is 1. The lowest BCUT2D eigenvalue weighted by Gasteiger charge is -2.19. The largest absolute Gasteiger partial charge is 0.496 e. The van der Waals surface area contributed by atoms with E-state index in [1.54, 1.807) is 7.11 Å². The number of rotatable bonds is 13. The first-order valence-corrected chi connectivity index (χ1v) is 17.1. The number of aliphatic carboxylic acids is 1. The Morgan fingerprint density at radius 3 is 2.45 bits per heavy atom. The SMILES string of the molecule is COc1cc(Cn2ncc3c(-c4cccc(-c5ccc(CNCCNC(C)=O)cc5)c4Cl)cccc32)c(Cl)cc1CN1CC[C@@H](C(=O)O)C1. The van der Waals surface area contributed by atoms with Gasteiger partial charge in [-0.25, -0.2) is 0 Å². The standard InChI is InChI=1S/C38H39Cl2N5O4/c1-24(46)42-15-14-41-19-25-9-11-26(12-10-25)30-5-3-7-32(37(30)40)31-6-4-8-35-33(31)20-43-45(35)23-28-18-36(49-2)29(17-34(28)39)22-44-16-13-27(21-44)38(47)48/h3-12,17-18,20,27,41H,13-16,19,21-23H2,1-2H3,(H,42,46)(H,47,48)/t27-/m1/s1. The highest BCUT2D eigenvalue weighted by atomic mass is 35.5. The predicted molar refractivity (Wildman–Crippen MR) is 194 cm³/mol. The molecule has 1 aromatic heterocycles. The first-order chi connectivity index (χ1) is 23.7. The van der Waals surface area contributed by atoms with Crippen LogP contribution in [-0.4, -0.2) is 65.0 Å². The van der Waals surface area contributed by atoms with Crippen LogP contribution in [0.2, 0.25) is 10.0 Å². The summed E-state index contributed by atoms with van der Waals surface area (Å²) >= 11 is 13.9. The lowest BCUT2D eigenvalue weighted by atomic mass is 9.96. The van der Waals surface area contributed by atoms with Gasteiger partial charge in [-0.1, -0.05) is 77.8 Å². The fraction of sp³-hybridized carbons (Fsp3) is 0.289. The molecule has 2 heterocycles. The number of nitrogens with zero attached hydrogens (tertiary/aromatic N) is 3. The third-order valence-electron chi connectivity index (χ3n) is 9.03. The Kier molecular flexibility index (Phi) is 10.8. The maximum absolute atomic E-state index is 11.4. The molecule has 1 amide bonds. The maximum atomic E-state index is 11.4. The number of carbonyl (C=O) groups is 2. The molecule has 5 aromatic rings. The summed E-state index contributed by atoms with van der Waals surface area (Å²) in [5.74, 6) is -0.411. The van der Waals surface area contributed by atoms with Gasteiger partial charge in [0, 0.05) is 66.7 Å². The van der Waals surface area contributed by atoms with Crippen LogP contribution in [0.5, 0.6) is 5.75 Å². The maximum Gasteiger partial charge on any atom is 0.307 e. The van der Waals surface area contributed by atoms with Crippen LogP contribution in [0.15, 0.2) is 79.0 Å². The number of ether oxygens (including phenoxy) is 1. The monoisotopic (exact) mass is 699 g/mol. The molecule has 0 bridgehead atoms. The van der Waals surface area contributed by atoms with Gasteiger partial charge in [-0.15, -0.1) is 0 Å². The number of amides is 1. The summed E-state index contributed by atoms with van der Waals surface area (Å²) < 4.78 is 7.68. The summed E-state index contributed by atoms with van der Waals surface area (Å²) in [6, 6.07) is 24.4. The Morgan fingerprint density at radius 2 is 1.71 bits per heavy atom. The van der Waals surface area contributed by atoms with Crippen molar-refractivity contribution >= 4 is 46.0 Å². The molecule has 0 aliphatic carbocycles. The number of fused-ring (bicyclic) bond motifs is 1. The highest BCUT2D eigenvalue weighted by Crippen LogP contribution is 2.39. The smallest absolute Gasteiger partial charge is 0.307 e. The fourth-order valence-electron chi connectivity index (χ4n) is 6.44. The van der Waals surface area contributed by atoms with E-state index >= 15 is 0 Å². The molecule has 1 aliphatic rings. The quantitative estimate of drug-likeness (QED) is 0.115. The second kappa shape index (κ2) is 15.4. The molecule has 0 radical (unpaired) electrons. The topological polar surface area (TPSA) is 109 Å². The Morgan fingerprint density at radius 1 is 0.959 bits per heavy atom. The van der Waals surface area contributed by atoms with Crippen LogP contribution >= 0.6 is 23.2 Å². The molecular formula is C38H39Cl2N5O4. The lowest BCUT2D eigenvalue weighted by molar-refractivity contribution is -0.141. The molecule has 0 saturated carbocycles. The second-order valence-corrected chi connectivity index (χ2v) is 13.2. The van der Waals surface area contributed by atoms with E-state index < -0.39 is 5.97 Å². The highest BCUT2D eigenvalue weighted by Gasteiger charge is 2.28. The van der Waals surface area contributed by atoms with E-state index in [-0.39, 0.29) is 11.8 Å². The van der Waals surface area contributed by atoms with E-state index in [1.807, 2.05) is 53.3 Å². The van der Waals surface area contributed by atoms with Gasteiger partial charge in [-0.3, -0.25) is 19.2 Å². The molecule has 1 aliphatic heterocycles. The van der Waals surface area contributed by atoms with Gasteiger partial charge < -0.3 is 20.5 Å². The molecule has 6 rings (SSSR count). The lowest BCUT2D eigenvalue weighted by Crippen LogP contribution is -2.29. The Hall–Kier alpha value is -4.41. The number of carboxylic acids is 1. The zero-order valence-corrected chi connectivity index (χ0v) is 29.0. The molecule has 1 atom stereocenters. The summed E-state index contributed by atoms with van der Waals surface area (Å²) in [4.78, 5) is 24.6. The van der Waals surface area contributed by atoms with Crippen molar-refractivity contribution in [2.24, 2.45) is 5.92 Å². The Bertz CT molecular complexity index is 1980. The molecule has 0 unspecified atom stereocenters. The van der Waals surface area contributed by atoms with Crippen LogP contribution < -0.4 is 15.4 Å². The molecular weight excluding hydrogens is 661 g/mol. The first kappa shape index (κ1) is 34.5. The summed E-state index contributed by atoms with van der Waals surface area (Å²) in [6.45, 7) is 5.76. The van der Waals surface area contributed by atoms with Gasteiger partial charge in [0.15, 0.2) is 0 Å². The van der Waals surface area contributed by atoms with Gasteiger partial charge >= 0.3 is 5.97 Å². The van der Waals surface area contributed by atoms with Crippen molar-refractivity contribution in [3.63, 3.8) is 0 Å². The predicted octanol–water partition coefficient (Wildman–Crippen LogP) is 6.87. The van der Waals surface area contributed by atoms with Crippen LogP contribution in [0.4, 0.5) is 0 Å². The van der Waals surface area contributed by atoms with Crippen molar-refractivity contribution in [3.05, 3.63) is 106 Å². The molecule has 49 heavy (non-hydrogen) atoms. The average Bonchev–Trinajstić information content (AvgIpc) is 3.74. The number of likely N-dealkylation sites (tertiary alicyclic amines) is 1. The number of methoxy groups -OCH3 is 1. The van der Waals surface area contributed by atoms with Crippen LogP contribution in [0.3, 0.4) is 0 Å². The zero-order valence-electron chi connectivity index (χ0n) is 27.5. The Labute approximate surface area is 295 Å². The van der Waals surface area contributed by atoms with Crippen molar-refractivity contribution in [1.82, 2.24) is 25.3 Å². The normalized spacial score (nSPS) is 14.7. The van der Waals surface area contributed by atoms with Crippen LogP contribution in [0, 0.1) is 5.92 Å². The van der Waals surface area contributed by atoms with E-state index in [1.165, 1.54) is 6.92 Å². The minimum atomic E-state index is -0.750. The van der Waals surface area contributed by atoms with Crippen molar-refractivity contribution in [2.45, 2.75) is 33.0 Å². The Balaban J connectivity index is 1.20. The summed E-state index contributed by atoms with van der Waals surface area (Å²) in [6.07, 6.45) is 2.51. The van der Waals surface area contributed by atoms with Crippen LogP contribution in [-0.2, 0) is 29.2 Å². The molecule has 9 nitrogen and oxygen atoms in total. The van der Waals surface area contributed by atoms with Gasteiger partial charge in [0.1, 0.15) is 5.75 Å². The van der Waals surface area contributed by atoms with Crippen LogP contribution in [0.1, 0.15) is 30.0 Å². The highest BCUT2D eigenvalue weighted by molar-refractivity contribution is 6.36. The van der Waals surface area contributed by atoms with E-state index in [0.717, 1.165) is 56.4 Å². The number of nitrogens with one attached hydrogen (secondary N) is 2. The van der Waals surface area contributed by atoms with Crippen LogP contribution in [0.25, 0.3) is 33.2 Å². The van der Waals surface area contributed by atoms with E-state index in [2.05, 4.69) is 45.9 Å². The molecule has 1 saturated heterocycles. The number of halogens is 2. The number of benzene rings is 4. The van der Waals surface area contributed by atoms with Gasteiger partial charge in [0.25, 0.3) is 0 Å². The molecule has 254 valence electrons. The molecule has 11 heteroatoms. The molecule has 3 N–H and O–H groups in total. The summed E-state index contributed by atoms with van der Waals surface area (Å²) in [5.41, 5.74) is 7.76. The summed E-state index contributed by atoms with van der Waals surface area (Å²) in [7, 11) is 1.64. The molecule has 1 fully saturated rings. The van der Waals surface area contributed by atoms with Crippen molar-refractivity contribution in [3.8, 4) is 28.0 Å². The van der Waals surface area contributed by atoms with E-state index in [0.29, 0.717) is 61.5 Å². The van der Waals surface area contributed by atoms with Gasteiger partial charge in [0.2, 0.25) is 5.91 Å². The second-order valence-electron chi connectivity index (χ2n) is 12.4. The molecule has 0 spiro atoms. The van der Waals surface area contributed by atoms with Crippen molar-refractivity contribution in [1.29, 1.82) is 0 Å². The van der Waals surface area contributed by atoms with Gasteiger partial charge in [0.05, 0.1) is 36.3 Å². The van der Waals surface area contributed by atoms with E-state index in [4.69, 9.17) is 33.0 Å². The van der Waals surface area contributed by atoms with Gasteiger partial charge in [-0.05, 0) is 53.4 Å². The fourth-order valence-corrected chi connectivity index (χ4v) is 7.02.